The monoisotopic (exact) mass is 391 g/mol. The van der Waals surface area contributed by atoms with Crippen LogP contribution in [-0.2, 0) is 11.2 Å². The molecule has 0 saturated carbocycles. The quantitative estimate of drug-likeness (QED) is 0.556. The van der Waals surface area contributed by atoms with Crippen LogP contribution in [-0.4, -0.2) is 32.5 Å². The topological polar surface area (TPSA) is 64.6 Å². The van der Waals surface area contributed by atoms with Gasteiger partial charge in [-0.25, -0.2) is 0 Å². The first kappa shape index (κ1) is 20.4. The van der Waals surface area contributed by atoms with Crippen molar-refractivity contribution in [2.75, 3.05) is 20.8 Å². The van der Waals surface area contributed by atoms with Crippen molar-refractivity contribution in [2.24, 2.45) is 0 Å². The fraction of sp³-hybridized carbons (Fsp3) is 0.250. The van der Waals surface area contributed by atoms with Crippen molar-refractivity contribution < 1.29 is 19.1 Å². The van der Waals surface area contributed by atoms with Crippen molar-refractivity contribution >= 4 is 22.5 Å². The number of Topliss-reactive ketones (excluding diaryl/α,β-unsaturated/α-hetero) is 1. The summed E-state index contributed by atoms with van der Waals surface area (Å²) >= 11 is 0. The highest BCUT2D eigenvalue weighted by molar-refractivity contribution is 6.01. The zero-order valence-corrected chi connectivity index (χ0v) is 16.7. The number of methoxy groups -OCH3 is 2. The van der Waals surface area contributed by atoms with Crippen molar-refractivity contribution in [3.63, 3.8) is 0 Å². The van der Waals surface area contributed by atoms with Gasteiger partial charge in [-0.3, -0.25) is 9.59 Å². The molecule has 0 spiro atoms. The van der Waals surface area contributed by atoms with Gasteiger partial charge in [0.15, 0.2) is 17.3 Å². The van der Waals surface area contributed by atoms with Crippen LogP contribution in [0, 0.1) is 0 Å². The Bertz CT molecular complexity index is 1010. The number of ketones is 1. The molecule has 0 atom stereocenters. The van der Waals surface area contributed by atoms with Crippen LogP contribution >= 0.6 is 0 Å². The number of ether oxygens (including phenoxy) is 2. The first-order valence-electron chi connectivity index (χ1n) is 9.60. The fourth-order valence-corrected chi connectivity index (χ4v) is 3.20. The minimum absolute atomic E-state index is 0.0224. The van der Waals surface area contributed by atoms with Crippen LogP contribution in [0.15, 0.2) is 60.7 Å². The molecule has 0 aliphatic rings. The highest BCUT2D eigenvalue weighted by atomic mass is 16.5. The van der Waals surface area contributed by atoms with Crippen molar-refractivity contribution in [3.05, 3.63) is 71.8 Å². The Morgan fingerprint density at radius 2 is 1.59 bits per heavy atom. The van der Waals surface area contributed by atoms with Crippen LogP contribution in [0.25, 0.3) is 10.8 Å². The number of carbonyl (C=O) groups excluding carboxylic acids is 2. The maximum atomic E-state index is 12.4. The van der Waals surface area contributed by atoms with Gasteiger partial charge >= 0.3 is 0 Å². The molecule has 3 aromatic rings. The molecule has 1 N–H and O–H groups in total. The Balaban J connectivity index is 1.46. The highest BCUT2D eigenvalue weighted by Gasteiger charge is 2.10. The van der Waals surface area contributed by atoms with Gasteiger partial charge in [0.05, 0.1) is 14.2 Å². The average Bonchev–Trinajstić information content (AvgIpc) is 2.76. The molecule has 0 bridgehead atoms. The largest absolute Gasteiger partial charge is 0.493 e. The van der Waals surface area contributed by atoms with Gasteiger partial charge in [0.2, 0.25) is 5.91 Å². The minimum Gasteiger partial charge on any atom is -0.493 e. The first-order chi connectivity index (χ1) is 14.1. The second-order valence-corrected chi connectivity index (χ2v) is 6.77. The molecule has 5 nitrogen and oxygen atoms in total. The van der Waals surface area contributed by atoms with E-state index in [0.29, 0.717) is 30.0 Å². The van der Waals surface area contributed by atoms with Gasteiger partial charge in [-0.15, -0.1) is 0 Å². The lowest BCUT2D eigenvalue weighted by molar-refractivity contribution is -0.121. The Morgan fingerprint density at radius 3 is 2.34 bits per heavy atom. The molecular formula is C24H25NO4. The minimum atomic E-state index is -0.125. The lowest BCUT2D eigenvalue weighted by Gasteiger charge is -2.10. The number of rotatable bonds is 9. The van der Waals surface area contributed by atoms with Crippen LogP contribution in [0.3, 0.4) is 0 Å². The Hall–Kier alpha value is -3.34. The summed E-state index contributed by atoms with van der Waals surface area (Å²) in [5, 5.41) is 4.99. The summed E-state index contributed by atoms with van der Waals surface area (Å²) in [4.78, 5) is 24.5. The van der Waals surface area contributed by atoms with E-state index in [1.165, 1.54) is 0 Å². The van der Waals surface area contributed by atoms with E-state index in [0.717, 1.165) is 16.3 Å². The number of hydrogen-bond acceptors (Lipinski definition) is 4. The van der Waals surface area contributed by atoms with Gasteiger partial charge in [0.25, 0.3) is 0 Å². The molecule has 3 rings (SSSR count). The summed E-state index contributed by atoms with van der Waals surface area (Å²) in [5.74, 6) is 1.19. The van der Waals surface area contributed by atoms with Crippen LogP contribution in [0.4, 0.5) is 0 Å². The molecule has 0 radical (unpaired) electrons. The molecule has 0 aliphatic heterocycles. The van der Waals surface area contributed by atoms with E-state index in [2.05, 4.69) is 5.32 Å². The van der Waals surface area contributed by atoms with Crippen molar-refractivity contribution in [3.8, 4) is 11.5 Å². The predicted molar refractivity (Wildman–Crippen MR) is 114 cm³/mol. The zero-order chi connectivity index (χ0) is 20.6. The Labute approximate surface area is 170 Å². The van der Waals surface area contributed by atoms with E-state index < -0.39 is 0 Å². The van der Waals surface area contributed by atoms with E-state index in [1.54, 1.807) is 14.2 Å². The molecule has 0 saturated heterocycles. The average molecular weight is 391 g/mol. The van der Waals surface area contributed by atoms with Crippen molar-refractivity contribution in [2.45, 2.75) is 19.3 Å². The summed E-state index contributed by atoms with van der Waals surface area (Å²) < 4.78 is 10.5. The predicted octanol–water partition coefficient (Wildman–Crippen LogP) is 4.18. The van der Waals surface area contributed by atoms with Gasteiger partial charge in [0.1, 0.15) is 0 Å². The molecule has 0 heterocycles. The van der Waals surface area contributed by atoms with E-state index >= 15 is 0 Å². The lowest BCUT2D eigenvalue weighted by atomic mass is 10.0. The summed E-state index contributed by atoms with van der Waals surface area (Å²) in [7, 11) is 3.19. The molecule has 1 amide bonds. The number of carbonyl (C=O) groups is 2. The fourth-order valence-electron chi connectivity index (χ4n) is 3.20. The molecule has 0 fully saturated rings. The standard InChI is InChI=1S/C24H25NO4/c1-28-22-11-7-17(15-23(22)29-2)13-14-25-24(27)12-10-21(26)20-9-8-18-5-3-4-6-19(18)16-20/h3-9,11,15-16H,10,12-14H2,1-2H3,(H,25,27). The van der Waals surface area contributed by atoms with E-state index in [4.69, 9.17) is 9.47 Å². The summed E-state index contributed by atoms with van der Waals surface area (Å²) in [6.45, 7) is 0.498. The second kappa shape index (κ2) is 9.73. The Kier molecular flexibility index (Phi) is 6.85. The van der Waals surface area contributed by atoms with Gasteiger partial charge < -0.3 is 14.8 Å². The van der Waals surface area contributed by atoms with E-state index in [-0.39, 0.29) is 24.5 Å². The summed E-state index contributed by atoms with van der Waals surface area (Å²) in [6.07, 6.45) is 1.04. The third-order valence-electron chi connectivity index (χ3n) is 4.83. The molecule has 29 heavy (non-hydrogen) atoms. The molecule has 0 aromatic heterocycles. The number of hydrogen-bond donors (Lipinski definition) is 1. The van der Waals surface area contributed by atoms with Crippen LogP contribution in [0.1, 0.15) is 28.8 Å². The number of fused-ring (bicyclic) bond motifs is 1. The number of benzene rings is 3. The summed E-state index contributed by atoms with van der Waals surface area (Å²) in [6, 6.07) is 19.2. The van der Waals surface area contributed by atoms with Gasteiger partial charge in [-0.05, 0) is 41.0 Å². The lowest BCUT2D eigenvalue weighted by Crippen LogP contribution is -2.26. The maximum Gasteiger partial charge on any atom is 0.220 e. The zero-order valence-electron chi connectivity index (χ0n) is 16.7. The van der Waals surface area contributed by atoms with Crippen molar-refractivity contribution in [1.82, 2.24) is 5.32 Å². The molecular weight excluding hydrogens is 366 g/mol. The number of amides is 1. The molecule has 5 heteroatoms. The van der Waals surface area contributed by atoms with Crippen LogP contribution in [0.2, 0.25) is 0 Å². The van der Waals surface area contributed by atoms with E-state index in [9.17, 15) is 9.59 Å². The third-order valence-corrected chi connectivity index (χ3v) is 4.83. The smallest absolute Gasteiger partial charge is 0.220 e. The Morgan fingerprint density at radius 1 is 0.828 bits per heavy atom. The van der Waals surface area contributed by atoms with Crippen LogP contribution in [0.5, 0.6) is 11.5 Å². The van der Waals surface area contributed by atoms with Gasteiger partial charge in [-0.2, -0.15) is 0 Å². The van der Waals surface area contributed by atoms with Gasteiger partial charge in [0, 0.05) is 24.9 Å². The third kappa shape index (κ3) is 5.35. The highest BCUT2D eigenvalue weighted by Crippen LogP contribution is 2.27. The molecule has 0 aliphatic carbocycles. The second-order valence-electron chi connectivity index (χ2n) is 6.77. The summed E-state index contributed by atoms with van der Waals surface area (Å²) in [5.41, 5.74) is 1.68. The molecule has 0 unspecified atom stereocenters. The van der Waals surface area contributed by atoms with Crippen LogP contribution < -0.4 is 14.8 Å². The first-order valence-corrected chi connectivity index (χ1v) is 9.60. The molecule has 150 valence electrons. The van der Waals surface area contributed by atoms with E-state index in [1.807, 2.05) is 60.7 Å². The normalized spacial score (nSPS) is 10.6. The van der Waals surface area contributed by atoms with Gasteiger partial charge in [-0.1, -0.05) is 42.5 Å². The molecule has 3 aromatic carbocycles. The maximum absolute atomic E-state index is 12.4. The SMILES string of the molecule is COc1ccc(CCNC(=O)CCC(=O)c2ccc3ccccc3c2)cc1OC. The number of nitrogens with one attached hydrogen (secondary N) is 1. The van der Waals surface area contributed by atoms with Crippen molar-refractivity contribution in [1.29, 1.82) is 0 Å².